The van der Waals surface area contributed by atoms with Crippen LogP contribution in [0.2, 0.25) is 0 Å². The van der Waals surface area contributed by atoms with Gasteiger partial charge in [-0.3, -0.25) is 19.2 Å². The predicted octanol–water partition coefficient (Wildman–Crippen LogP) is 1.73. The topological polar surface area (TPSA) is 114 Å². The maximum Gasteiger partial charge on any atom is 0.303 e. The van der Waals surface area contributed by atoms with Crippen LogP contribution in [0.3, 0.4) is 0 Å². The van der Waals surface area contributed by atoms with Gasteiger partial charge in [-0.25, -0.2) is 0 Å². The van der Waals surface area contributed by atoms with Crippen molar-refractivity contribution in [1.82, 2.24) is 0 Å². The molecule has 1 aliphatic heterocycles. The van der Waals surface area contributed by atoms with Gasteiger partial charge in [0.15, 0.2) is 12.4 Å². The summed E-state index contributed by atoms with van der Waals surface area (Å²) in [6.07, 6.45) is -3.06. The molecule has 2 heterocycles. The van der Waals surface area contributed by atoms with E-state index >= 15 is 0 Å². The fraction of sp³-hybridized carbons (Fsp3) is 0.556. The van der Waals surface area contributed by atoms with Crippen LogP contribution in [0, 0.1) is 5.92 Å². The smallest absolute Gasteiger partial charge is 0.303 e. The molecule has 0 N–H and O–H groups in total. The van der Waals surface area contributed by atoms with Crippen LogP contribution in [0.4, 0.5) is 0 Å². The highest BCUT2D eigenvalue weighted by atomic mass is 32.1. The molecule has 1 aliphatic rings. The van der Waals surface area contributed by atoms with Gasteiger partial charge in [0.05, 0.1) is 0 Å². The molecule has 154 valence electrons. The summed E-state index contributed by atoms with van der Waals surface area (Å²) in [5.74, 6) is -1.93. The Kier molecular flexibility index (Phi) is 7.53. The van der Waals surface area contributed by atoms with Crippen molar-refractivity contribution in [3.8, 4) is 5.75 Å². The van der Waals surface area contributed by atoms with E-state index in [1.165, 1.54) is 32.1 Å². The first-order valence-corrected chi connectivity index (χ1v) is 9.43. The van der Waals surface area contributed by atoms with Gasteiger partial charge in [-0.15, -0.1) is 11.3 Å². The summed E-state index contributed by atoms with van der Waals surface area (Å²) in [5, 5.41) is 1.67. The number of thiophene rings is 1. The zero-order valence-electron chi connectivity index (χ0n) is 15.9. The van der Waals surface area contributed by atoms with Crippen molar-refractivity contribution in [2.75, 3.05) is 6.61 Å². The van der Waals surface area contributed by atoms with Crippen molar-refractivity contribution in [2.45, 2.75) is 52.3 Å². The Balaban J connectivity index is 2.31. The summed E-state index contributed by atoms with van der Waals surface area (Å²) >= 11 is 1.18. The molecule has 0 aromatic carbocycles. The lowest BCUT2D eigenvalue weighted by Crippen LogP contribution is -2.58. The molecule has 0 spiro atoms. The van der Waals surface area contributed by atoms with Crippen LogP contribution >= 0.6 is 11.3 Å². The average Bonchev–Trinajstić information content (AvgIpc) is 3.05. The zero-order valence-corrected chi connectivity index (χ0v) is 16.7. The lowest BCUT2D eigenvalue weighted by Gasteiger charge is -2.43. The molecule has 5 atom stereocenters. The van der Waals surface area contributed by atoms with E-state index in [4.69, 9.17) is 23.7 Å². The summed E-state index contributed by atoms with van der Waals surface area (Å²) in [7, 11) is 0. The zero-order chi connectivity index (χ0) is 20.8. The molecular formula is C18H22O9S. The monoisotopic (exact) mass is 414 g/mol. The fourth-order valence-corrected chi connectivity index (χ4v) is 3.50. The summed E-state index contributed by atoms with van der Waals surface area (Å²) in [4.78, 5) is 45.8. The largest absolute Gasteiger partial charge is 0.463 e. The molecule has 1 aromatic rings. The van der Waals surface area contributed by atoms with E-state index in [9.17, 15) is 19.2 Å². The minimum absolute atomic E-state index is 0.186. The van der Waals surface area contributed by atoms with E-state index < -0.39 is 48.4 Å². The van der Waals surface area contributed by atoms with Gasteiger partial charge in [0.25, 0.3) is 0 Å². The number of carbonyl (C=O) groups excluding carboxylic acids is 4. The number of aldehydes is 1. The number of carbonyl (C=O) groups is 4. The maximum absolute atomic E-state index is 11.6. The van der Waals surface area contributed by atoms with E-state index in [0.29, 0.717) is 11.2 Å². The first-order chi connectivity index (χ1) is 13.2. The molecule has 0 radical (unpaired) electrons. The molecule has 1 aromatic heterocycles. The van der Waals surface area contributed by atoms with E-state index in [0.717, 1.165) is 0 Å². The second kappa shape index (κ2) is 9.65. The van der Waals surface area contributed by atoms with Crippen molar-refractivity contribution in [2.24, 2.45) is 5.92 Å². The molecule has 5 unspecified atom stereocenters. The minimum Gasteiger partial charge on any atom is -0.463 e. The molecule has 0 bridgehead atoms. The van der Waals surface area contributed by atoms with E-state index in [-0.39, 0.29) is 12.4 Å². The Bertz CT molecular complexity index is 726. The maximum atomic E-state index is 11.6. The Morgan fingerprint density at radius 2 is 1.75 bits per heavy atom. The summed E-state index contributed by atoms with van der Waals surface area (Å²) in [6.45, 7) is 5.23. The van der Waals surface area contributed by atoms with E-state index in [2.05, 4.69) is 0 Å². The average molecular weight is 414 g/mol. The number of ether oxygens (including phenoxy) is 5. The molecule has 1 fully saturated rings. The van der Waals surface area contributed by atoms with Crippen LogP contribution in [0.15, 0.2) is 11.4 Å². The highest BCUT2D eigenvalue weighted by Crippen LogP contribution is 2.34. The summed E-state index contributed by atoms with van der Waals surface area (Å²) in [6, 6.07) is 1.59. The van der Waals surface area contributed by atoms with E-state index in [1.807, 2.05) is 0 Å². The van der Waals surface area contributed by atoms with Crippen molar-refractivity contribution >= 4 is 35.5 Å². The summed E-state index contributed by atoms with van der Waals surface area (Å²) in [5.41, 5.74) is 0. The third-order valence-corrected chi connectivity index (χ3v) is 4.87. The van der Waals surface area contributed by atoms with Gasteiger partial charge < -0.3 is 23.7 Å². The van der Waals surface area contributed by atoms with Crippen LogP contribution in [-0.2, 0) is 33.3 Å². The summed E-state index contributed by atoms with van der Waals surface area (Å²) < 4.78 is 27.3. The first-order valence-electron chi connectivity index (χ1n) is 8.55. The van der Waals surface area contributed by atoms with Crippen LogP contribution in [-0.4, -0.2) is 55.4 Å². The van der Waals surface area contributed by atoms with Crippen LogP contribution in [0.25, 0.3) is 0 Å². The number of hydrogen-bond acceptors (Lipinski definition) is 10. The molecule has 9 nitrogen and oxygen atoms in total. The lowest BCUT2D eigenvalue weighted by molar-refractivity contribution is -0.271. The van der Waals surface area contributed by atoms with Crippen molar-refractivity contribution in [3.63, 3.8) is 0 Å². The van der Waals surface area contributed by atoms with Gasteiger partial charge >= 0.3 is 17.9 Å². The van der Waals surface area contributed by atoms with Crippen LogP contribution in [0.1, 0.15) is 37.4 Å². The minimum atomic E-state index is -1.10. The highest BCUT2D eigenvalue weighted by molar-refractivity contribution is 7.12. The normalized spacial score (nSPS) is 26.8. The molecule has 0 amide bonds. The number of hydrogen-bond donors (Lipinski definition) is 0. The third kappa shape index (κ3) is 5.52. The van der Waals surface area contributed by atoms with Gasteiger partial charge in [0, 0.05) is 26.7 Å². The second-order valence-electron chi connectivity index (χ2n) is 6.24. The van der Waals surface area contributed by atoms with Gasteiger partial charge in [0.1, 0.15) is 29.4 Å². The van der Waals surface area contributed by atoms with Gasteiger partial charge in [-0.05, 0) is 11.4 Å². The molecule has 10 heteroatoms. The Morgan fingerprint density at radius 3 is 2.32 bits per heavy atom. The number of rotatable bonds is 7. The van der Waals surface area contributed by atoms with Crippen molar-refractivity contribution in [3.05, 3.63) is 16.3 Å². The van der Waals surface area contributed by atoms with E-state index in [1.54, 1.807) is 18.4 Å². The third-order valence-electron chi connectivity index (χ3n) is 4.04. The Hall–Kier alpha value is -2.46. The molecule has 1 saturated heterocycles. The van der Waals surface area contributed by atoms with Crippen molar-refractivity contribution < 1.29 is 42.9 Å². The predicted molar refractivity (Wildman–Crippen MR) is 95.9 cm³/mol. The molecule has 0 saturated carbocycles. The van der Waals surface area contributed by atoms with Gasteiger partial charge in [-0.2, -0.15) is 0 Å². The standard InChI is InChI=1S/C18H22O9S/c1-9-16(24-11(3)21)14(8-23-10(2)20)27-18(17(9)25-12(4)22)26-13-5-6-28-15(13)7-19/h5-7,9,14,16-18H,8H2,1-4H3. The lowest BCUT2D eigenvalue weighted by atomic mass is 9.90. The first kappa shape index (κ1) is 21.8. The van der Waals surface area contributed by atoms with Crippen LogP contribution in [0.5, 0.6) is 5.75 Å². The quantitative estimate of drug-likeness (QED) is 0.374. The van der Waals surface area contributed by atoms with Gasteiger partial charge in [-0.1, -0.05) is 6.92 Å². The Labute approximate surface area is 165 Å². The molecule has 28 heavy (non-hydrogen) atoms. The second-order valence-corrected chi connectivity index (χ2v) is 7.19. The molecule has 0 aliphatic carbocycles. The van der Waals surface area contributed by atoms with Crippen LogP contribution < -0.4 is 4.74 Å². The molecular weight excluding hydrogens is 392 g/mol. The number of esters is 3. The highest BCUT2D eigenvalue weighted by Gasteiger charge is 2.49. The van der Waals surface area contributed by atoms with Gasteiger partial charge in [0.2, 0.25) is 6.29 Å². The SMILES string of the molecule is CC(=O)OCC1OC(Oc2ccsc2C=O)C(OC(C)=O)C(C)C1OC(C)=O. The van der Waals surface area contributed by atoms with Crippen molar-refractivity contribution in [1.29, 1.82) is 0 Å². The molecule has 2 rings (SSSR count). The fourth-order valence-electron chi connectivity index (χ4n) is 2.88. The Morgan fingerprint density at radius 1 is 1.11 bits per heavy atom.